The fraction of sp³-hybridized carbons (Fsp3) is 0.714. The van der Waals surface area contributed by atoms with Gasteiger partial charge in [-0.15, -0.1) is 0 Å². The summed E-state index contributed by atoms with van der Waals surface area (Å²) in [6, 6.07) is 0. The first-order chi connectivity index (χ1) is 26.9. The first kappa shape index (κ1) is 51.6. The Bertz CT molecular complexity index is 1220. The van der Waals surface area contributed by atoms with Crippen LogP contribution in [0.3, 0.4) is 0 Å². The predicted molar refractivity (Wildman–Crippen MR) is 216 cm³/mol. The zero-order valence-electron chi connectivity index (χ0n) is 33.7. The van der Waals surface area contributed by atoms with Crippen molar-refractivity contribution in [2.45, 2.75) is 179 Å². The van der Waals surface area contributed by atoms with Crippen LogP contribution in [0.5, 0.6) is 0 Å². The topological polar surface area (TPSA) is 210 Å². The lowest BCUT2D eigenvalue weighted by Crippen LogP contribution is -2.64. The highest BCUT2D eigenvalue weighted by atomic mass is 31.2. The molecular formula is C42H71O13P. The minimum atomic E-state index is -5.13. The molecule has 0 amide bonds. The molecule has 0 radical (unpaired) electrons. The number of ether oxygens (including phenoxy) is 2. The molecule has 1 aliphatic rings. The fourth-order valence-electron chi connectivity index (χ4n) is 5.76. The summed E-state index contributed by atoms with van der Waals surface area (Å²) in [6.45, 7) is 3.07. The van der Waals surface area contributed by atoms with Gasteiger partial charge in [-0.05, 0) is 64.2 Å². The highest BCUT2D eigenvalue weighted by Gasteiger charge is 2.51. The van der Waals surface area contributed by atoms with E-state index < -0.39 is 75.7 Å². The maximum absolute atomic E-state index is 12.8. The third kappa shape index (κ3) is 25.0. The van der Waals surface area contributed by atoms with Crippen molar-refractivity contribution < 1.29 is 63.1 Å². The van der Waals surface area contributed by atoms with Gasteiger partial charge >= 0.3 is 19.8 Å². The molecular weight excluding hydrogens is 743 g/mol. The fourth-order valence-corrected chi connectivity index (χ4v) is 6.74. The van der Waals surface area contributed by atoms with E-state index in [0.29, 0.717) is 19.3 Å². The minimum Gasteiger partial charge on any atom is -0.462 e. The zero-order chi connectivity index (χ0) is 41.4. The monoisotopic (exact) mass is 814 g/mol. The summed E-state index contributed by atoms with van der Waals surface area (Å²) >= 11 is 0. The maximum atomic E-state index is 12.8. The molecule has 0 spiro atoms. The highest BCUT2D eigenvalue weighted by molar-refractivity contribution is 7.47. The van der Waals surface area contributed by atoms with Crippen LogP contribution in [0.25, 0.3) is 0 Å². The maximum Gasteiger partial charge on any atom is 0.472 e. The van der Waals surface area contributed by atoms with Crippen LogP contribution in [-0.2, 0) is 32.7 Å². The normalized spacial score (nSPS) is 23.5. The predicted octanol–water partition coefficient (Wildman–Crippen LogP) is 6.99. The van der Waals surface area contributed by atoms with E-state index in [4.69, 9.17) is 18.5 Å². The molecule has 1 fully saturated rings. The summed E-state index contributed by atoms with van der Waals surface area (Å²) in [6.07, 6.45) is 24.5. The Balaban J connectivity index is 2.57. The molecule has 0 bridgehead atoms. The van der Waals surface area contributed by atoms with Gasteiger partial charge in [0.25, 0.3) is 0 Å². The number of rotatable bonds is 32. The molecule has 0 aliphatic heterocycles. The number of hydrogen-bond acceptors (Lipinski definition) is 12. The number of hydrogen-bond donors (Lipinski definition) is 6. The SMILES string of the molecule is CC/C=C\C/C=C\C/C=C\C/C=C\CCC(=O)OC(COC(=O)CCCCCCC/C=C\CCCCCCC)COP(=O)(O)OC1C(O)C(O)C(O)C(O)C1O. The van der Waals surface area contributed by atoms with Crippen LogP contribution in [0.2, 0.25) is 0 Å². The van der Waals surface area contributed by atoms with Crippen LogP contribution in [0.1, 0.15) is 136 Å². The molecule has 0 saturated heterocycles. The lowest BCUT2D eigenvalue weighted by atomic mass is 9.85. The van der Waals surface area contributed by atoms with E-state index in [1.54, 1.807) is 0 Å². The lowest BCUT2D eigenvalue weighted by Gasteiger charge is -2.41. The van der Waals surface area contributed by atoms with Gasteiger partial charge in [0, 0.05) is 12.8 Å². The van der Waals surface area contributed by atoms with Crippen molar-refractivity contribution in [3.05, 3.63) is 60.8 Å². The zero-order valence-corrected chi connectivity index (χ0v) is 34.5. The molecule has 0 aromatic carbocycles. The van der Waals surface area contributed by atoms with E-state index in [9.17, 15) is 44.6 Å². The Morgan fingerprint density at radius 2 is 1.05 bits per heavy atom. The van der Waals surface area contributed by atoms with E-state index in [1.165, 1.54) is 32.1 Å². The summed E-state index contributed by atoms with van der Waals surface area (Å²) in [5.41, 5.74) is 0. The van der Waals surface area contributed by atoms with Crippen molar-refractivity contribution in [3.63, 3.8) is 0 Å². The third-order valence-electron chi connectivity index (χ3n) is 9.11. The summed E-state index contributed by atoms with van der Waals surface area (Å²) in [5, 5.41) is 50.0. The van der Waals surface area contributed by atoms with Crippen LogP contribution in [-0.4, -0.2) is 98.3 Å². The van der Waals surface area contributed by atoms with E-state index >= 15 is 0 Å². The molecule has 1 rings (SSSR count). The molecule has 0 aromatic heterocycles. The van der Waals surface area contributed by atoms with E-state index in [-0.39, 0.29) is 12.8 Å². The third-order valence-corrected chi connectivity index (χ3v) is 10.1. The van der Waals surface area contributed by atoms with Crippen molar-refractivity contribution in [1.29, 1.82) is 0 Å². The van der Waals surface area contributed by atoms with E-state index in [0.717, 1.165) is 57.8 Å². The molecule has 0 aromatic rings. The van der Waals surface area contributed by atoms with Crippen LogP contribution >= 0.6 is 7.82 Å². The molecule has 6 unspecified atom stereocenters. The minimum absolute atomic E-state index is 0.0284. The summed E-state index contributed by atoms with van der Waals surface area (Å²) < 4.78 is 33.3. The van der Waals surface area contributed by atoms with Crippen molar-refractivity contribution in [2.24, 2.45) is 0 Å². The van der Waals surface area contributed by atoms with Gasteiger partial charge in [0.15, 0.2) is 6.10 Å². The van der Waals surface area contributed by atoms with Gasteiger partial charge in [0.2, 0.25) is 0 Å². The Hall–Kier alpha value is -2.45. The van der Waals surface area contributed by atoms with E-state index in [1.807, 2.05) is 18.2 Å². The molecule has 322 valence electrons. The van der Waals surface area contributed by atoms with Crippen LogP contribution in [0.4, 0.5) is 0 Å². The van der Waals surface area contributed by atoms with Crippen molar-refractivity contribution in [1.82, 2.24) is 0 Å². The number of unbranched alkanes of at least 4 members (excludes halogenated alkanes) is 10. The molecule has 56 heavy (non-hydrogen) atoms. The second kappa shape index (κ2) is 32.5. The molecule has 6 atom stereocenters. The molecule has 1 aliphatic carbocycles. The van der Waals surface area contributed by atoms with Gasteiger partial charge in [-0.25, -0.2) is 4.57 Å². The lowest BCUT2D eigenvalue weighted by molar-refractivity contribution is -0.220. The van der Waals surface area contributed by atoms with Crippen molar-refractivity contribution >= 4 is 19.8 Å². The number of carbonyl (C=O) groups is 2. The molecule has 1 saturated carbocycles. The number of phosphoric acid groups is 1. The second-order valence-electron chi connectivity index (χ2n) is 14.1. The van der Waals surface area contributed by atoms with Gasteiger partial charge in [0.05, 0.1) is 6.61 Å². The summed E-state index contributed by atoms with van der Waals surface area (Å²) in [7, 11) is -5.13. The first-order valence-electron chi connectivity index (χ1n) is 20.6. The van der Waals surface area contributed by atoms with Crippen LogP contribution in [0.15, 0.2) is 60.8 Å². The van der Waals surface area contributed by atoms with Gasteiger partial charge in [-0.1, -0.05) is 120 Å². The van der Waals surface area contributed by atoms with Crippen molar-refractivity contribution in [2.75, 3.05) is 13.2 Å². The number of aliphatic hydroxyl groups excluding tert-OH is 5. The second-order valence-corrected chi connectivity index (χ2v) is 15.5. The molecule has 13 nitrogen and oxygen atoms in total. The average molecular weight is 815 g/mol. The van der Waals surface area contributed by atoms with Gasteiger partial charge in [-0.2, -0.15) is 0 Å². The quantitative estimate of drug-likeness (QED) is 0.0175. The standard InChI is InChI=1S/C42H71O13P/c1-3-5-7-9-11-13-15-17-19-20-22-24-26-28-30-35(43)52-32-34(33-53-56(50,51)55-42-40(48)38(46)37(45)39(47)41(42)49)54-36(44)31-29-27-25-23-21-18-16-14-12-10-8-6-4-2/h6,8,12,14-15,17-18,21,25,27,34,37-42,45-49H,3-5,7,9-11,13,16,19-20,22-24,26,28-33H2,1-2H3,(H,50,51)/b8-6-,14-12-,17-15-,21-18-,27-25-. The van der Waals surface area contributed by atoms with Crippen LogP contribution in [0, 0.1) is 0 Å². The Morgan fingerprint density at radius 1 is 0.571 bits per heavy atom. The summed E-state index contributed by atoms with van der Waals surface area (Å²) in [4.78, 5) is 35.5. The smallest absolute Gasteiger partial charge is 0.462 e. The number of phosphoric ester groups is 1. The summed E-state index contributed by atoms with van der Waals surface area (Å²) in [5.74, 6) is -1.21. The number of carbonyl (C=O) groups excluding carboxylic acids is 2. The largest absolute Gasteiger partial charge is 0.472 e. The molecule has 14 heteroatoms. The average Bonchev–Trinajstić information content (AvgIpc) is 3.18. The number of allylic oxidation sites excluding steroid dienone is 10. The number of esters is 2. The van der Waals surface area contributed by atoms with Gasteiger partial charge in [0.1, 0.15) is 43.2 Å². The highest BCUT2D eigenvalue weighted by Crippen LogP contribution is 2.47. The van der Waals surface area contributed by atoms with E-state index in [2.05, 4.69) is 56.4 Å². The first-order valence-corrected chi connectivity index (χ1v) is 22.1. The van der Waals surface area contributed by atoms with Crippen molar-refractivity contribution in [3.8, 4) is 0 Å². The Morgan fingerprint density at radius 3 is 1.62 bits per heavy atom. The molecule has 0 heterocycles. The van der Waals surface area contributed by atoms with Gasteiger partial charge in [-0.3, -0.25) is 18.6 Å². The van der Waals surface area contributed by atoms with Crippen LogP contribution < -0.4 is 0 Å². The number of aliphatic hydroxyl groups is 5. The molecule has 6 N–H and O–H groups in total. The van der Waals surface area contributed by atoms with Gasteiger partial charge < -0.3 is 39.9 Å². The Kier molecular flexibility index (Phi) is 29.9. The Labute approximate surface area is 334 Å².